The molecule has 55 heavy (non-hydrogen) atoms. The van der Waals surface area contributed by atoms with E-state index in [0.29, 0.717) is 48.4 Å². The normalized spacial score (nSPS) is 31.8. The highest BCUT2D eigenvalue weighted by Gasteiger charge is 2.53. The van der Waals surface area contributed by atoms with Crippen LogP contribution in [0.25, 0.3) is 32.8 Å². The SMILES string of the molecule is CCc1cccc2cc(O)cc(-c3c(F)c4c5c(nc(OC[C@]67C[C@@H](F)CN6C[C@@H](CN6C[C@@H](C)O[C@@H](C)C6)C7)nc5c3F)N3CC5CCC(N5)C3CO4)c12. The van der Waals surface area contributed by atoms with Crippen molar-refractivity contribution >= 4 is 27.5 Å². The van der Waals surface area contributed by atoms with E-state index in [-0.39, 0.29) is 83.1 Å². The molecule has 7 heterocycles. The number of anilines is 1. The molecular weight excluding hydrogens is 709 g/mol. The van der Waals surface area contributed by atoms with E-state index in [0.717, 1.165) is 51.0 Å². The number of fused-ring (bicyclic) bond motifs is 7. The number of morpholine rings is 1. The van der Waals surface area contributed by atoms with E-state index >= 15 is 13.2 Å². The van der Waals surface area contributed by atoms with Crippen LogP contribution >= 0.6 is 0 Å². The number of piperazine rings is 1. The van der Waals surface area contributed by atoms with Crippen molar-refractivity contribution in [3.63, 3.8) is 0 Å². The summed E-state index contributed by atoms with van der Waals surface area (Å²) in [5.41, 5.74) is 0.154. The molecule has 3 aromatic carbocycles. The van der Waals surface area contributed by atoms with Crippen LogP contribution in [0.5, 0.6) is 17.5 Å². The summed E-state index contributed by atoms with van der Waals surface area (Å²) >= 11 is 0. The molecule has 0 spiro atoms. The molecule has 5 fully saturated rings. The van der Waals surface area contributed by atoms with Gasteiger partial charge in [-0.2, -0.15) is 9.97 Å². The van der Waals surface area contributed by atoms with Gasteiger partial charge in [-0.05, 0) is 79.5 Å². The Balaban J connectivity index is 1.07. The summed E-state index contributed by atoms with van der Waals surface area (Å²) in [6.45, 7) is 10.9. The lowest BCUT2D eigenvalue weighted by molar-refractivity contribution is -0.0712. The highest BCUT2D eigenvalue weighted by atomic mass is 19.1. The van der Waals surface area contributed by atoms with Crippen LogP contribution < -0.4 is 19.7 Å². The minimum Gasteiger partial charge on any atom is -0.508 e. The zero-order chi connectivity index (χ0) is 37.7. The quantitative estimate of drug-likeness (QED) is 0.234. The number of halogens is 3. The third-order valence-corrected chi connectivity index (χ3v) is 13.2. The number of aromatic nitrogens is 2. The number of nitrogens with one attached hydrogen (secondary N) is 1. The molecule has 0 amide bonds. The average Bonchev–Trinajstić information content (AvgIpc) is 3.74. The first kappa shape index (κ1) is 35.5. The number of aromatic hydroxyl groups is 1. The van der Waals surface area contributed by atoms with Gasteiger partial charge in [0.25, 0.3) is 0 Å². The van der Waals surface area contributed by atoms with Gasteiger partial charge in [-0.1, -0.05) is 25.1 Å². The van der Waals surface area contributed by atoms with Crippen LogP contribution in [0, 0.1) is 17.6 Å². The van der Waals surface area contributed by atoms with Crippen LogP contribution in [0.4, 0.5) is 19.0 Å². The fourth-order valence-electron chi connectivity index (χ4n) is 11.1. The van der Waals surface area contributed by atoms with Gasteiger partial charge < -0.3 is 29.5 Å². The number of hydrogen-bond donors (Lipinski definition) is 2. The Bertz CT molecular complexity index is 2170. The van der Waals surface area contributed by atoms with Crippen molar-refractivity contribution in [1.29, 1.82) is 0 Å². The smallest absolute Gasteiger partial charge is 0.319 e. The number of phenolic OH excluding ortho intramolecular Hbond substituents is 1. The molecule has 5 saturated heterocycles. The van der Waals surface area contributed by atoms with Crippen molar-refractivity contribution in [2.45, 2.75) is 94.9 Å². The molecule has 2 bridgehead atoms. The van der Waals surface area contributed by atoms with Crippen LogP contribution in [0.3, 0.4) is 0 Å². The minimum absolute atomic E-state index is 0.0256. The number of rotatable bonds is 7. The molecule has 0 saturated carbocycles. The molecule has 6 aliphatic heterocycles. The summed E-state index contributed by atoms with van der Waals surface area (Å²) in [7, 11) is 0. The van der Waals surface area contributed by atoms with Gasteiger partial charge in [-0.25, -0.2) is 13.2 Å². The third kappa shape index (κ3) is 5.90. The zero-order valence-corrected chi connectivity index (χ0v) is 31.7. The second-order valence-electron chi connectivity index (χ2n) is 17.1. The van der Waals surface area contributed by atoms with Crippen LogP contribution in [-0.4, -0.2) is 119 Å². The Kier molecular flexibility index (Phi) is 8.62. The first-order valence-electron chi connectivity index (χ1n) is 20.1. The van der Waals surface area contributed by atoms with Crippen LogP contribution in [0.15, 0.2) is 30.3 Å². The van der Waals surface area contributed by atoms with Gasteiger partial charge in [0.15, 0.2) is 17.4 Å². The molecule has 4 aromatic rings. The van der Waals surface area contributed by atoms with Gasteiger partial charge in [0, 0.05) is 57.8 Å². The molecule has 6 aliphatic rings. The van der Waals surface area contributed by atoms with E-state index in [9.17, 15) is 5.11 Å². The minimum atomic E-state index is -0.972. The molecule has 13 heteroatoms. The van der Waals surface area contributed by atoms with Crippen LogP contribution in [0.2, 0.25) is 0 Å². The maximum Gasteiger partial charge on any atom is 0.319 e. The topological polar surface area (TPSA) is 95.5 Å². The highest BCUT2D eigenvalue weighted by molar-refractivity contribution is 6.05. The Morgan fingerprint density at radius 3 is 2.65 bits per heavy atom. The van der Waals surface area contributed by atoms with Crippen molar-refractivity contribution in [2.24, 2.45) is 5.92 Å². The highest BCUT2D eigenvalue weighted by Crippen LogP contribution is 2.49. The van der Waals surface area contributed by atoms with Crippen molar-refractivity contribution in [2.75, 3.05) is 57.4 Å². The van der Waals surface area contributed by atoms with Crippen molar-refractivity contribution in [3.05, 3.63) is 47.5 Å². The first-order valence-corrected chi connectivity index (χ1v) is 20.1. The van der Waals surface area contributed by atoms with E-state index < -0.39 is 23.3 Å². The molecular formula is C42H49F3N6O4. The fourth-order valence-corrected chi connectivity index (χ4v) is 11.1. The van der Waals surface area contributed by atoms with Gasteiger partial charge in [0.1, 0.15) is 36.5 Å². The molecule has 0 aliphatic carbocycles. The molecule has 292 valence electrons. The Hall–Kier alpha value is -3.91. The second-order valence-corrected chi connectivity index (χ2v) is 17.1. The number of phenols is 1. The van der Waals surface area contributed by atoms with Crippen LogP contribution in [-0.2, 0) is 11.2 Å². The Morgan fingerprint density at radius 2 is 1.84 bits per heavy atom. The summed E-state index contributed by atoms with van der Waals surface area (Å²) in [5, 5.41) is 16.0. The Morgan fingerprint density at radius 1 is 1.00 bits per heavy atom. The van der Waals surface area contributed by atoms with Crippen LogP contribution in [0.1, 0.15) is 52.0 Å². The summed E-state index contributed by atoms with van der Waals surface area (Å²) < 4.78 is 68.7. The predicted octanol–water partition coefficient (Wildman–Crippen LogP) is 5.99. The predicted molar refractivity (Wildman–Crippen MR) is 204 cm³/mol. The monoisotopic (exact) mass is 758 g/mol. The number of benzene rings is 3. The lowest BCUT2D eigenvalue weighted by Crippen LogP contribution is -2.60. The van der Waals surface area contributed by atoms with E-state index in [2.05, 4.69) is 33.9 Å². The van der Waals surface area contributed by atoms with E-state index in [1.807, 2.05) is 25.1 Å². The molecule has 0 radical (unpaired) electrons. The lowest BCUT2D eigenvalue weighted by atomic mass is 9.90. The number of aryl methyl sites for hydroxylation is 1. The molecule has 1 aromatic heterocycles. The molecule has 8 atom stereocenters. The third-order valence-electron chi connectivity index (χ3n) is 13.2. The van der Waals surface area contributed by atoms with Gasteiger partial charge in [0.2, 0.25) is 0 Å². The number of nitrogens with zero attached hydrogens (tertiary/aromatic N) is 5. The van der Waals surface area contributed by atoms with Crippen molar-refractivity contribution in [3.8, 4) is 28.6 Å². The number of ether oxygens (including phenoxy) is 3. The number of hydrogen-bond acceptors (Lipinski definition) is 10. The zero-order valence-electron chi connectivity index (χ0n) is 31.7. The summed E-state index contributed by atoms with van der Waals surface area (Å²) in [6.07, 6.45) is 3.01. The maximum atomic E-state index is 17.4. The van der Waals surface area contributed by atoms with E-state index in [1.165, 1.54) is 6.07 Å². The van der Waals surface area contributed by atoms with Crippen molar-refractivity contribution < 1.29 is 32.5 Å². The summed E-state index contributed by atoms with van der Waals surface area (Å²) in [4.78, 5) is 16.5. The fraction of sp³-hybridized carbons (Fsp3) is 0.571. The summed E-state index contributed by atoms with van der Waals surface area (Å²) in [5.74, 6) is -1.21. The van der Waals surface area contributed by atoms with Gasteiger partial charge in [-0.15, -0.1) is 0 Å². The molecule has 3 unspecified atom stereocenters. The standard InChI is InChI=1S/C42H49F3N6O4/c1-4-25-6-5-7-26-10-29(52)11-30(33(25)26)34-36(44)38-35-39(37(34)45)53-20-32-31-9-8-28(46-31)19-51(32)40(35)48-41(47-38)54-21-42-12-24(17-50(42)18-27(43)13-42)16-49-14-22(2)55-23(3)15-49/h5-7,10-11,22-24,27-28,31-32,46,52H,4,8-9,12-21H2,1-3H3/t22-,23+,24-,27-,28?,31?,32?,42+/m1/s1. The Labute approximate surface area is 318 Å². The van der Waals surface area contributed by atoms with Crippen molar-refractivity contribution in [1.82, 2.24) is 25.1 Å². The summed E-state index contributed by atoms with van der Waals surface area (Å²) in [6, 6.07) is 8.76. The van der Waals surface area contributed by atoms with E-state index in [1.54, 1.807) is 6.07 Å². The van der Waals surface area contributed by atoms with Gasteiger partial charge >= 0.3 is 6.01 Å². The molecule has 10 nitrogen and oxygen atoms in total. The average molecular weight is 759 g/mol. The second kappa shape index (κ2) is 13.3. The molecule has 2 N–H and O–H groups in total. The first-order chi connectivity index (χ1) is 26.6. The van der Waals surface area contributed by atoms with Gasteiger partial charge in [-0.3, -0.25) is 9.80 Å². The van der Waals surface area contributed by atoms with E-state index in [4.69, 9.17) is 24.2 Å². The molecule has 10 rings (SSSR count). The lowest BCUT2D eigenvalue weighted by Gasteiger charge is -2.40. The largest absolute Gasteiger partial charge is 0.508 e. The number of alkyl halides is 1. The maximum absolute atomic E-state index is 17.4. The van der Waals surface area contributed by atoms with Gasteiger partial charge in [0.05, 0.1) is 34.7 Å².